The van der Waals surface area contributed by atoms with Crippen molar-refractivity contribution in [2.45, 2.75) is 25.1 Å². The van der Waals surface area contributed by atoms with E-state index in [1.165, 1.54) is 17.2 Å². The highest BCUT2D eigenvalue weighted by atomic mass is 19.4. The van der Waals surface area contributed by atoms with E-state index in [4.69, 9.17) is 4.74 Å². The summed E-state index contributed by atoms with van der Waals surface area (Å²) in [4.78, 5) is 19.5. The van der Waals surface area contributed by atoms with Gasteiger partial charge in [-0.15, -0.1) is 0 Å². The van der Waals surface area contributed by atoms with Crippen LogP contribution in [0.5, 0.6) is 5.88 Å². The number of halogens is 4. The molecular weight excluding hydrogens is 418 g/mol. The van der Waals surface area contributed by atoms with Crippen molar-refractivity contribution in [2.75, 3.05) is 13.1 Å². The molecule has 11 heteroatoms. The van der Waals surface area contributed by atoms with E-state index in [1.54, 1.807) is 29.2 Å². The summed E-state index contributed by atoms with van der Waals surface area (Å²) in [5.41, 5.74) is -0.296. The molecule has 7 nitrogen and oxygen atoms in total. The van der Waals surface area contributed by atoms with Gasteiger partial charge in [-0.05, 0) is 31.0 Å². The summed E-state index contributed by atoms with van der Waals surface area (Å²) in [6.45, 7) is 0.602. The molecule has 31 heavy (non-hydrogen) atoms. The van der Waals surface area contributed by atoms with Crippen molar-refractivity contribution < 1.29 is 27.1 Å². The normalized spacial score (nSPS) is 16.9. The van der Waals surface area contributed by atoms with Gasteiger partial charge in [0.2, 0.25) is 0 Å². The highest BCUT2D eigenvalue weighted by Crippen LogP contribution is 2.31. The zero-order chi connectivity index (χ0) is 22.0. The van der Waals surface area contributed by atoms with Crippen LogP contribution in [0.1, 0.15) is 28.8 Å². The lowest BCUT2D eigenvalue weighted by atomic mass is 10.1. The van der Waals surface area contributed by atoms with Crippen LogP contribution in [0, 0.1) is 5.82 Å². The summed E-state index contributed by atoms with van der Waals surface area (Å²) in [5.74, 6) is -2.00. The minimum atomic E-state index is -4.70. The lowest BCUT2D eigenvalue weighted by molar-refractivity contribution is -0.138. The molecule has 1 fully saturated rings. The molecule has 1 amide bonds. The van der Waals surface area contributed by atoms with Crippen LogP contribution in [0.3, 0.4) is 0 Å². The monoisotopic (exact) mass is 435 g/mol. The predicted molar refractivity (Wildman–Crippen MR) is 100 cm³/mol. The van der Waals surface area contributed by atoms with Crippen LogP contribution >= 0.6 is 0 Å². The van der Waals surface area contributed by atoms with Crippen molar-refractivity contribution in [1.82, 2.24) is 24.9 Å². The molecular formula is C20H17F4N5O2. The smallest absolute Gasteiger partial charge is 0.417 e. The van der Waals surface area contributed by atoms with Gasteiger partial charge in [0.1, 0.15) is 6.10 Å². The Hall–Kier alpha value is -3.50. The van der Waals surface area contributed by atoms with Crippen LogP contribution in [0.4, 0.5) is 17.6 Å². The van der Waals surface area contributed by atoms with Gasteiger partial charge >= 0.3 is 6.18 Å². The number of rotatable bonds is 4. The molecule has 0 spiro atoms. The molecule has 0 saturated carbocycles. The van der Waals surface area contributed by atoms with Gasteiger partial charge in [-0.25, -0.2) is 9.37 Å². The third kappa shape index (κ3) is 4.49. The van der Waals surface area contributed by atoms with Crippen molar-refractivity contribution in [3.05, 3.63) is 65.9 Å². The predicted octanol–water partition coefficient (Wildman–Crippen LogP) is 3.50. The molecule has 1 aromatic carbocycles. The fraction of sp³-hybridized carbons (Fsp3) is 0.300. The first kappa shape index (κ1) is 20.8. The van der Waals surface area contributed by atoms with E-state index in [2.05, 4.69) is 15.2 Å². The first-order valence-corrected chi connectivity index (χ1v) is 9.47. The Morgan fingerprint density at radius 1 is 1.16 bits per heavy atom. The molecule has 4 rings (SSSR count). The molecule has 0 radical (unpaired) electrons. The summed E-state index contributed by atoms with van der Waals surface area (Å²) < 4.78 is 57.7. The number of piperidine rings is 1. The quantitative estimate of drug-likeness (QED) is 0.587. The van der Waals surface area contributed by atoms with Gasteiger partial charge in [-0.2, -0.15) is 28.2 Å². The standard InChI is InChI=1S/C20H17F4N5O2/c21-16-10-13(20(22,23)24)11-25-18(16)31-14-4-3-9-28(12-14)19(30)15-5-1-2-6-17(15)29-26-7-8-27-29/h1-2,5-8,10-11,14H,3-4,9,12H2/t14-/m1/s1. The Labute approximate surface area is 174 Å². The topological polar surface area (TPSA) is 73.1 Å². The van der Waals surface area contributed by atoms with Crippen LogP contribution < -0.4 is 4.74 Å². The van der Waals surface area contributed by atoms with Crippen molar-refractivity contribution >= 4 is 5.91 Å². The van der Waals surface area contributed by atoms with E-state index in [1.807, 2.05) is 0 Å². The molecule has 0 bridgehead atoms. The number of likely N-dealkylation sites (tertiary alicyclic amines) is 1. The summed E-state index contributed by atoms with van der Waals surface area (Å²) in [7, 11) is 0. The van der Waals surface area contributed by atoms with Gasteiger partial charge in [0.05, 0.1) is 35.8 Å². The van der Waals surface area contributed by atoms with Gasteiger partial charge in [0.25, 0.3) is 11.8 Å². The zero-order valence-electron chi connectivity index (χ0n) is 16.1. The minimum Gasteiger partial charge on any atom is -0.470 e. The number of carbonyl (C=O) groups is 1. The van der Waals surface area contributed by atoms with E-state index >= 15 is 0 Å². The molecule has 2 aromatic heterocycles. The molecule has 1 aliphatic heterocycles. The van der Waals surface area contributed by atoms with Gasteiger partial charge in [-0.3, -0.25) is 4.79 Å². The Bertz CT molecular complexity index is 1070. The van der Waals surface area contributed by atoms with Crippen molar-refractivity contribution in [2.24, 2.45) is 0 Å². The van der Waals surface area contributed by atoms with Crippen molar-refractivity contribution in [1.29, 1.82) is 0 Å². The molecule has 0 N–H and O–H groups in total. The third-order valence-electron chi connectivity index (χ3n) is 4.85. The van der Waals surface area contributed by atoms with Gasteiger partial charge in [0, 0.05) is 12.7 Å². The average Bonchev–Trinajstić information content (AvgIpc) is 3.29. The summed E-state index contributed by atoms with van der Waals surface area (Å²) in [5, 5.41) is 8.12. The lowest BCUT2D eigenvalue weighted by Gasteiger charge is -2.33. The fourth-order valence-corrected chi connectivity index (χ4v) is 3.38. The molecule has 3 heterocycles. The number of hydrogen-bond donors (Lipinski definition) is 0. The first-order valence-electron chi connectivity index (χ1n) is 9.47. The number of para-hydroxylation sites is 1. The second-order valence-corrected chi connectivity index (χ2v) is 6.98. The van der Waals surface area contributed by atoms with E-state index < -0.39 is 29.5 Å². The number of carbonyl (C=O) groups excluding carboxylic acids is 1. The fourth-order valence-electron chi connectivity index (χ4n) is 3.38. The maximum atomic E-state index is 14.1. The second-order valence-electron chi connectivity index (χ2n) is 6.98. The summed E-state index contributed by atoms with van der Waals surface area (Å²) >= 11 is 0. The number of aromatic nitrogens is 4. The molecule has 1 aliphatic rings. The maximum Gasteiger partial charge on any atom is 0.417 e. The molecule has 0 unspecified atom stereocenters. The second kappa shape index (κ2) is 8.32. The van der Waals surface area contributed by atoms with Crippen LogP contribution in [-0.2, 0) is 6.18 Å². The highest BCUT2D eigenvalue weighted by molar-refractivity contribution is 5.97. The average molecular weight is 435 g/mol. The van der Waals surface area contributed by atoms with E-state index in [0.29, 0.717) is 42.9 Å². The van der Waals surface area contributed by atoms with Crippen molar-refractivity contribution in [3.63, 3.8) is 0 Å². The van der Waals surface area contributed by atoms with Crippen molar-refractivity contribution in [3.8, 4) is 11.6 Å². The molecule has 1 atom stereocenters. The van der Waals surface area contributed by atoms with E-state index in [9.17, 15) is 22.4 Å². The van der Waals surface area contributed by atoms with E-state index in [-0.39, 0.29) is 12.5 Å². The Morgan fingerprint density at radius 3 is 2.61 bits per heavy atom. The SMILES string of the molecule is O=C(c1ccccc1-n1nccn1)N1CCC[C@@H](Oc2ncc(C(F)(F)F)cc2F)C1. The largest absolute Gasteiger partial charge is 0.470 e. The molecule has 162 valence electrons. The first-order chi connectivity index (χ1) is 14.8. The highest BCUT2D eigenvalue weighted by Gasteiger charge is 2.33. The Morgan fingerprint density at radius 2 is 1.90 bits per heavy atom. The Balaban J connectivity index is 1.49. The van der Waals surface area contributed by atoms with Crippen LogP contribution in [0.15, 0.2) is 48.9 Å². The van der Waals surface area contributed by atoms with Gasteiger partial charge in [0.15, 0.2) is 5.82 Å². The maximum absolute atomic E-state index is 14.1. The summed E-state index contributed by atoms with van der Waals surface area (Å²) in [6, 6.07) is 7.20. The molecule has 3 aromatic rings. The van der Waals surface area contributed by atoms with Gasteiger partial charge in [-0.1, -0.05) is 12.1 Å². The lowest BCUT2D eigenvalue weighted by Crippen LogP contribution is -2.44. The summed E-state index contributed by atoms with van der Waals surface area (Å²) in [6.07, 6.45) is -0.689. The number of alkyl halides is 3. The number of nitrogens with zero attached hydrogens (tertiary/aromatic N) is 5. The minimum absolute atomic E-state index is 0.141. The Kier molecular flexibility index (Phi) is 5.57. The number of amides is 1. The number of benzene rings is 1. The molecule has 1 saturated heterocycles. The zero-order valence-corrected chi connectivity index (χ0v) is 16.1. The van der Waals surface area contributed by atoms with Crippen LogP contribution in [0.25, 0.3) is 5.69 Å². The number of ether oxygens (including phenoxy) is 1. The van der Waals surface area contributed by atoms with Gasteiger partial charge < -0.3 is 9.64 Å². The van der Waals surface area contributed by atoms with Crippen LogP contribution in [-0.4, -0.2) is 50.0 Å². The van der Waals surface area contributed by atoms with E-state index in [0.717, 1.165) is 0 Å². The third-order valence-corrected chi connectivity index (χ3v) is 4.85. The molecule has 0 aliphatic carbocycles. The van der Waals surface area contributed by atoms with Crippen LogP contribution in [0.2, 0.25) is 0 Å². The number of hydrogen-bond acceptors (Lipinski definition) is 5. The number of pyridine rings is 1.